The first-order chi connectivity index (χ1) is 8.37. The molecule has 1 atom stereocenters. The predicted molar refractivity (Wildman–Crippen MR) is 66.9 cm³/mol. The second kappa shape index (κ2) is 4.70. The molecule has 1 aromatic rings. The molecule has 0 spiro atoms. The van der Waals surface area contributed by atoms with Crippen LogP contribution in [0.5, 0.6) is 0 Å². The minimum atomic E-state index is -0.878. The lowest BCUT2D eigenvalue weighted by molar-refractivity contribution is -0.135. The number of amides is 1. The van der Waals surface area contributed by atoms with Crippen LogP contribution in [-0.2, 0) is 17.8 Å². The van der Waals surface area contributed by atoms with Gasteiger partial charge in [0.05, 0.1) is 29.4 Å². The number of hydrogen-bond donors (Lipinski definition) is 3. The average molecular weight is 252 g/mol. The molecule has 1 aliphatic heterocycles. The van der Waals surface area contributed by atoms with Crippen LogP contribution in [0, 0.1) is 0 Å². The van der Waals surface area contributed by atoms with Crippen LogP contribution < -0.4 is 5.32 Å². The molecule has 3 N–H and O–H groups in total. The van der Waals surface area contributed by atoms with Crippen molar-refractivity contribution in [1.29, 1.82) is 0 Å². The zero-order valence-electron chi connectivity index (χ0n) is 11.0. The summed E-state index contributed by atoms with van der Waals surface area (Å²) in [5.41, 5.74) is 1.12. The molecule has 6 nitrogen and oxygen atoms in total. The van der Waals surface area contributed by atoms with Gasteiger partial charge in [0.25, 0.3) is 0 Å². The van der Waals surface area contributed by atoms with Crippen molar-refractivity contribution in [1.82, 2.24) is 20.2 Å². The molecule has 0 bridgehead atoms. The number of nitrogens with one attached hydrogen (secondary N) is 2. The number of nitrogens with zero attached hydrogens (tertiary/aromatic N) is 2. The highest BCUT2D eigenvalue weighted by atomic mass is 16.3. The number of fused-ring (bicyclic) bond motifs is 1. The SMILES string of the molecule is CN(CC(C)(C)O)C(=O)C1Cc2nc[nH]c2CN1. The number of carbonyl (C=O) groups excluding carboxylic acids is 1. The fourth-order valence-corrected chi connectivity index (χ4v) is 2.27. The third-order valence-electron chi connectivity index (χ3n) is 3.03. The van der Waals surface area contributed by atoms with Crippen LogP contribution in [-0.4, -0.2) is 51.1 Å². The number of aromatic amines is 1. The number of aromatic nitrogens is 2. The number of aliphatic hydroxyl groups is 1. The Balaban J connectivity index is 1.99. The van der Waals surface area contributed by atoms with E-state index in [1.165, 1.54) is 0 Å². The van der Waals surface area contributed by atoms with Crippen molar-refractivity contribution in [3.8, 4) is 0 Å². The Morgan fingerprint density at radius 1 is 1.67 bits per heavy atom. The Kier molecular flexibility index (Phi) is 3.41. The molecule has 6 heteroatoms. The lowest BCUT2D eigenvalue weighted by atomic mass is 10.0. The molecule has 0 fully saturated rings. The summed E-state index contributed by atoms with van der Waals surface area (Å²) in [7, 11) is 1.71. The zero-order valence-corrected chi connectivity index (χ0v) is 11.0. The van der Waals surface area contributed by atoms with Crippen molar-refractivity contribution in [2.45, 2.75) is 38.5 Å². The van der Waals surface area contributed by atoms with Gasteiger partial charge in [0.1, 0.15) is 0 Å². The Hall–Kier alpha value is -1.40. The topological polar surface area (TPSA) is 81.2 Å². The van der Waals surface area contributed by atoms with Crippen molar-refractivity contribution >= 4 is 5.91 Å². The summed E-state index contributed by atoms with van der Waals surface area (Å²) >= 11 is 0. The Morgan fingerprint density at radius 3 is 3.06 bits per heavy atom. The number of carbonyl (C=O) groups is 1. The monoisotopic (exact) mass is 252 g/mol. The number of likely N-dealkylation sites (N-methyl/N-ethyl adjacent to an activating group) is 1. The van der Waals surface area contributed by atoms with Gasteiger partial charge in [-0.3, -0.25) is 10.1 Å². The second-order valence-electron chi connectivity index (χ2n) is 5.47. The molecule has 1 aliphatic rings. The molecular formula is C12H20N4O2. The smallest absolute Gasteiger partial charge is 0.239 e. The van der Waals surface area contributed by atoms with Gasteiger partial charge in [0.15, 0.2) is 0 Å². The van der Waals surface area contributed by atoms with E-state index >= 15 is 0 Å². The van der Waals surface area contributed by atoms with Crippen molar-refractivity contribution in [3.05, 3.63) is 17.7 Å². The van der Waals surface area contributed by atoms with Gasteiger partial charge < -0.3 is 15.0 Å². The van der Waals surface area contributed by atoms with Crippen molar-refractivity contribution < 1.29 is 9.90 Å². The third-order valence-corrected chi connectivity index (χ3v) is 3.03. The van der Waals surface area contributed by atoms with Gasteiger partial charge in [-0.1, -0.05) is 0 Å². The Labute approximate surface area is 106 Å². The zero-order chi connectivity index (χ0) is 13.3. The van der Waals surface area contributed by atoms with Gasteiger partial charge in [-0.15, -0.1) is 0 Å². The number of imidazole rings is 1. The standard InChI is InChI=1S/C12H20N4O2/c1-12(2,18)6-16(3)11(17)9-4-8-10(5-13-9)15-7-14-8/h7,9,13,18H,4-6H2,1-3H3,(H,14,15). The molecule has 2 heterocycles. The van der Waals surface area contributed by atoms with E-state index in [1.54, 1.807) is 32.1 Å². The molecular weight excluding hydrogens is 232 g/mol. The lowest BCUT2D eigenvalue weighted by Gasteiger charge is -2.30. The van der Waals surface area contributed by atoms with Gasteiger partial charge >= 0.3 is 0 Å². The Bertz CT molecular complexity index is 436. The lowest BCUT2D eigenvalue weighted by Crippen LogP contribution is -2.51. The summed E-state index contributed by atoms with van der Waals surface area (Å²) in [6.07, 6.45) is 2.24. The average Bonchev–Trinajstić information content (AvgIpc) is 2.72. The molecule has 0 radical (unpaired) electrons. The largest absolute Gasteiger partial charge is 0.389 e. The summed E-state index contributed by atoms with van der Waals surface area (Å²) in [6.45, 7) is 4.33. The molecule has 0 aliphatic carbocycles. The highest BCUT2D eigenvalue weighted by Gasteiger charge is 2.29. The van der Waals surface area contributed by atoms with Gasteiger partial charge in [-0.25, -0.2) is 4.98 Å². The van der Waals surface area contributed by atoms with E-state index in [2.05, 4.69) is 15.3 Å². The fraction of sp³-hybridized carbons (Fsp3) is 0.667. The van der Waals surface area contributed by atoms with E-state index in [4.69, 9.17) is 0 Å². The summed E-state index contributed by atoms with van der Waals surface area (Å²) in [5.74, 6) is -0.00854. The molecule has 18 heavy (non-hydrogen) atoms. The van der Waals surface area contributed by atoms with Gasteiger partial charge in [-0.05, 0) is 13.8 Å². The van der Waals surface area contributed by atoms with E-state index in [0.717, 1.165) is 11.4 Å². The maximum atomic E-state index is 12.2. The molecule has 100 valence electrons. The number of rotatable bonds is 3. The van der Waals surface area contributed by atoms with Crippen molar-refractivity contribution in [3.63, 3.8) is 0 Å². The maximum Gasteiger partial charge on any atom is 0.239 e. The molecule has 1 amide bonds. The van der Waals surface area contributed by atoms with E-state index in [0.29, 0.717) is 19.5 Å². The summed E-state index contributed by atoms with van der Waals surface area (Å²) in [4.78, 5) is 21.0. The predicted octanol–water partition coefficient (Wildman–Crippen LogP) is -0.347. The van der Waals surface area contributed by atoms with Crippen LogP contribution >= 0.6 is 0 Å². The molecule has 1 unspecified atom stereocenters. The van der Waals surface area contributed by atoms with Crippen LogP contribution in [0.1, 0.15) is 25.2 Å². The first-order valence-corrected chi connectivity index (χ1v) is 6.09. The minimum Gasteiger partial charge on any atom is -0.389 e. The normalized spacial score (nSPS) is 19.4. The van der Waals surface area contributed by atoms with Gasteiger partial charge in [-0.2, -0.15) is 0 Å². The first-order valence-electron chi connectivity index (χ1n) is 6.09. The molecule has 1 aromatic heterocycles. The number of hydrogen-bond acceptors (Lipinski definition) is 4. The maximum absolute atomic E-state index is 12.2. The van der Waals surface area contributed by atoms with Gasteiger partial charge in [0, 0.05) is 26.6 Å². The highest BCUT2D eigenvalue weighted by Crippen LogP contribution is 2.14. The van der Waals surface area contributed by atoms with Crippen LogP contribution in [0.15, 0.2) is 6.33 Å². The molecule has 0 saturated carbocycles. The second-order valence-corrected chi connectivity index (χ2v) is 5.47. The minimum absolute atomic E-state index is 0.00854. The summed E-state index contributed by atoms with van der Waals surface area (Å²) in [5, 5.41) is 12.9. The molecule has 2 rings (SSSR count). The van der Waals surface area contributed by atoms with Gasteiger partial charge in [0.2, 0.25) is 5.91 Å². The molecule has 0 saturated heterocycles. The van der Waals surface area contributed by atoms with E-state index in [1.807, 2.05) is 0 Å². The van der Waals surface area contributed by atoms with E-state index in [9.17, 15) is 9.90 Å². The fourth-order valence-electron chi connectivity index (χ4n) is 2.27. The summed E-state index contributed by atoms with van der Waals surface area (Å²) in [6, 6.07) is -0.256. The molecule has 0 aromatic carbocycles. The number of H-pyrrole nitrogens is 1. The third kappa shape index (κ3) is 2.88. The van der Waals surface area contributed by atoms with Crippen molar-refractivity contribution in [2.75, 3.05) is 13.6 Å². The van der Waals surface area contributed by atoms with Crippen LogP contribution in [0.2, 0.25) is 0 Å². The van der Waals surface area contributed by atoms with Crippen LogP contribution in [0.4, 0.5) is 0 Å². The van der Waals surface area contributed by atoms with Crippen molar-refractivity contribution in [2.24, 2.45) is 0 Å². The quantitative estimate of drug-likeness (QED) is 0.687. The van der Waals surface area contributed by atoms with E-state index < -0.39 is 5.60 Å². The highest BCUT2D eigenvalue weighted by molar-refractivity contribution is 5.82. The van der Waals surface area contributed by atoms with Crippen LogP contribution in [0.25, 0.3) is 0 Å². The van der Waals surface area contributed by atoms with Crippen LogP contribution in [0.3, 0.4) is 0 Å². The first kappa shape index (κ1) is 13.0. The summed E-state index contributed by atoms with van der Waals surface area (Å²) < 4.78 is 0. The van der Waals surface area contributed by atoms with E-state index in [-0.39, 0.29) is 11.9 Å². The Morgan fingerprint density at radius 2 is 2.39 bits per heavy atom.